The van der Waals surface area contributed by atoms with Crippen LogP contribution in [0.5, 0.6) is 23.0 Å². The van der Waals surface area contributed by atoms with E-state index < -0.39 is 0 Å². The molecule has 0 bridgehead atoms. The Bertz CT molecular complexity index is 879. The number of nitriles is 1. The first-order chi connectivity index (χ1) is 12.6. The van der Waals surface area contributed by atoms with Gasteiger partial charge in [0.15, 0.2) is 29.6 Å². The third-order valence-corrected chi connectivity index (χ3v) is 3.91. The fourth-order valence-corrected chi connectivity index (χ4v) is 2.63. The highest BCUT2D eigenvalue weighted by molar-refractivity contribution is 6.32. The fourth-order valence-electron chi connectivity index (χ4n) is 2.36. The van der Waals surface area contributed by atoms with E-state index in [0.29, 0.717) is 23.6 Å². The number of nitrogens with zero attached hydrogens (tertiary/aromatic N) is 1. The van der Waals surface area contributed by atoms with Crippen LogP contribution in [0.3, 0.4) is 0 Å². The van der Waals surface area contributed by atoms with Gasteiger partial charge in [0.1, 0.15) is 0 Å². The summed E-state index contributed by atoms with van der Waals surface area (Å²) < 4.78 is 21.2. The lowest BCUT2D eigenvalue weighted by Gasteiger charge is -2.13. The highest BCUT2D eigenvalue weighted by Crippen LogP contribution is 2.36. The van der Waals surface area contributed by atoms with Crippen molar-refractivity contribution in [3.8, 4) is 29.1 Å². The molecule has 1 aliphatic rings. The van der Waals surface area contributed by atoms with Crippen molar-refractivity contribution in [3.05, 3.63) is 46.5 Å². The third-order valence-electron chi connectivity index (χ3n) is 3.63. The van der Waals surface area contributed by atoms with Gasteiger partial charge in [-0.2, -0.15) is 5.26 Å². The summed E-state index contributed by atoms with van der Waals surface area (Å²) in [5.74, 6) is 1.52. The van der Waals surface area contributed by atoms with Crippen LogP contribution in [-0.2, 0) is 11.3 Å². The lowest BCUT2D eigenvalue weighted by atomic mass is 10.2. The molecule has 0 unspecified atom stereocenters. The smallest absolute Gasteiger partial charge is 0.258 e. The molecule has 8 heteroatoms. The molecule has 3 rings (SSSR count). The normalized spacial score (nSPS) is 11.6. The standard InChI is InChI=1S/C18H15ClN2O5/c1-23-16-6-12(7-20)4-13(19)18(16)24-9-17(22)21-8-11-2-3-14-15(5-11)26-10-25-14/h2-6H,8-10H2,1H3,(H,21,22). The number of nitrogens with one attached hydrogen (secondary N) is 1. The predicted octanol–water partition coefficient (Wildman–Crippen LogP) is 2.64. The van der Waals surface area contributed by atoms with E-state index in [-0.39, 0.29) is 35.8 Å². The molecular formula is C18H15ClN2O5. The van der Waals surface area contributed by atoms with E-state index in [9.17, 15) is 4.79 Å². The number of benzene rings is 2. The summed E-state index contributed by atoms with van der Waals surface area (Å²) in [6.07, 6.45) is 0. The highest BCUT2D eigenvalue weighted by Gasteiger charge is 2.15. The first-order valence-electron chi connectivity index (χ1n) is 7.66. The SMILES string of the molecule is COc1cc(C#N)cc(Cl)c1OCC(=O)NCc1ccc2c(c1)OCO2. The molecule has 1 amide bonds. The lowest BCUT2D eigenvalue weighted by molar-refractivity contribution is -0.123. The maximum absolute atomic E-state index is 12.0. The number of rotatable bonds is 6. The molecule has 2 aromatic rings. The van der Waals surface area contributed by atoms with Crippen LogP contribution in [-0.4, -0.2) is 26.4 Å². The molecule has 0 spiro atoms. The summed E-state index contributed by atoms with van der Waals surface area (Å²) in [6, 6.07) is 10.4. The minimum absolute atomic E-state index is 0.199. The molecule has 0 radical (unpaired) electrons. The minimum Gasteiger partial charge on any atom is -0.493 e. The molecule has 1 aliphatic heterocycles. The Kier molecular flexibility index (Phi) is 5.34. The molecule has 0 atom stereocenters. The molecule has 0 saturated heterocycles. The average Bonchev–Trinajstić information content (AvgIpc) is 3.12. The molecule has 0 fully saturated rings. The molecule has 2 aromatic carbocycles. The van der Waals surface area contributed by atoms with Crippen LogP contribution in [0.4, 0.5) is 0 Å². The van der Waals surface area contributed by atoms with Gasteiger partial charge in [-0.25, -0.2) is 0 Å². The van der Waals surface area contributed by atoms with Crippen molar-refractivity contribution in [2.75, 3.05) is 20.5 Å². The second-order valence-electron chi connectivity index (χ2n) is 5.35. The van der Waals surface area contributed by atoms with E-state index >= 15 is 0 Å². The lowest BCUT2D eigenvalue weighted by Crippen LogP contribution is -2.28. The summed E-state index contributed by atoms with van der Waals surface area (Å²) in [5.41, 5.74) is 1.21. The van der Waals surface area contributed by atoms with Crippen LogP contribution in [0.15, 0.2) is 30.3 Å². The first-order valence-corrected chi connectivity index (χ1v) is 8.04. The molecular weight excluding hydrogens is 360 g/mol. The fraction of sp³-hybridized carbons (Fsp3) is 0.222. The molecule has 0 aromatic heterocycles. The zero-order valence-corrected chi connectivity index (χ0v) is 14.6. The number of methoxy groups -OCH3 is 1. The van der Waals surface area contributed by atoms with E-state index in [1.54, 1.807) is 6.07 Å². The topological polar surface area (TPSA) is 89.8 Å². The van der Waals surface area contributed by atoms with E-state index in [4.69, 9.17) is 35.8 Å². The van der Waals surface area contributed by atoms with Gasteiger partial charge in [0.2, 0.25) is 6.79 Å². The number of amides is 1. The Morgan fingerprint density at radius 2 is 2.12 bits per heavy atom. The molecule has 0 saturated carbocycles. The van der Waals surface area contributed by atoms with Crippen molar-refractivity contribution in [2.24, 2.45) is 0 Å². The van der Waals surface area contributed by atoms with Crippen LogP contribution < -0.4 is 24.3 Å². The molecule has 0 aliphatic carbocycles. The Morgan fingerprint density at radius 3 is 2.88 bits per heavy atom. The second kappa shape index (κ2) is 7.85. The van der Waals surface area contributed by atoms with Crippen LogP contribution in [0, 0.1) is 11.3 Å². The summed E-state index contributed by atoms with van der Waals surface area (Å²) in [4.78, 5) is 12.0. The van der Waals surface area contributed by atoms with Crippen LogP contribution in [0.1, 0.15) is 11.1 Å². The summed E-state index contributed by atoms with van der Waals surface area (Å²) in [5, 5.41) is 11.9. The van der Waals surface area contributed by atoms with E-state index in [1.165, 1.54) is 19.2 Å². The molecule has 1 N–H and O–H groups in total. The van der Waals surface area contributed by atoms with Gasteiger partial charge < -0.3 is 24.3 Å². The largest absolute Gasteiger partial charge is 0.493 e. The first kappa shape index (κ1) is 17.7. The monoisotopic (exact) mass is 374 g/mol. The molecule has 26 heavy (non-hydrogen) atoms. The van der Waals surface area contributed by atoms with Crippen molar-refractivity contribution in [2.45, 2.75) is 6.54 Å². The minimum atomic E-state index is -0.329. The van der Waals surface area contributed by atoms with Gasteiger partial charge in [-0.3, -0.25) is 4.79 Å². The Labute approximate surface area is 155 Å². The molecule has 1 heterocycles. The summed E-state index contributed by atoms with van der Waals surface area (Å²) in [6.45, 7) is 0.274. The predicted molar refractivity (Wildman–Crippen MR) is 92.6 cm³/mol. The Morgan fingerprint density at radius 1 is 1.31 bits per heavy atom. The van der Waals surface area contributed by atoms with Gasteiger partial charge in [-0.15, -0.1) is 0 Å². The number of carbonyl (C=O) groups excluding carboxylic acids is 1. The van der Waals surface area contributed by atoms with Crippen molar-refractivity contribution in [1.82, 2.24) is 5.32 Å². The van der Waals surface area contributed by atoms with Crippen molar-refractivity contribution < 1.29 is 23.7 Å². The number of hydrogen-bond donors (Lipinski definition) is 1. The van der Waals surface area contributed by atoms with Crippen molar-refractivity contribution in [3.63, 3.8) is 0 Å². The Balaban J connectivity index is 1.57. The molecule has 7 nitrogen and oxygen atoms in total. The Hall–Kier alpha value is -3.11. The van der Waals surface area contributed by atoms with Gasteiger partial charge in [0, 0.05) is 12.6 Å². The zero-order chi connectivity index (χ0) is 18.5. The number of carbonyl (C=O) groups is 1. The van der Waals surface area contributed by atoms with Gasteiger partial charge in [0.05, 0.1) is 23.8 Å². The van der Waals surface area contributed by atoms with Gasteiger partial charge in [0.25, 0.3) is 5.91 Å². The summed E-state index contributed by atoms with van der Waals surface area (Å²) in [7, 11) is 1.43. The third kappa shape index (κ3) is 3.92. The molecule has 134 valence electrons. The second-order valence-corrected chi connectivity index (χ2v) is 5.76. The quantitative estimate of drug-likeness (QED) is 0.836. The number of hydrogen-bond acceptors (Lipinski definition) is 6. The van der Waals surface area contributed by atoms with Crippen molar-refractivity contribution >= 4 is 17.5 Å². The maximum atomic E-state index is 12.0. The van der Waals surface area contributed by atoms with Crippen LogP contribution in [0.25, 0.3) is 0 Å². The number of halogens is 1. The van der Waals surface area contributed by atoms with Crippen molar-refractivity contribution in [1.29, 1.82) is 5.26 Å². The highest BCUT2D eigenvalue weighted by atomic mass is 35.5. The summed E-state index contributed by atoms with van der Waals surface area (Å²) >= 11 is 6.09. The van der Waals surface area contributed by atoms with E-state index in [1.807, 2.05) is 18.2 Å². The van der Waals surface area contributed by atoms with Gasteiger partial charge in [-0.05, 0) is 23.8 Å². The van der Waals surface area contributed by atoms with Crippen LogP contribution in [0.2, 0.25) is 5.02 Å². The van der Waals surface area contributed by atoms with Gasteiger partial charge in [-0.1, -0.05) is 17.7 Å². The van der Waals surface area contributed by atoms with E-state index in [2.05, 4.69) is 5.32 Å². The number of ether oxygens (including phenoxy) is 4. The van der Waals surface area contributed by atoms with Gasteiger partial charge >= 0.3 is 0 Å². The zero-order valence-electron chi connectivity index (χ0n) is 13.9. The van der Waals surface area contributed by atoms with Crippen LogP contribution >= 0.6 is 11.6 Å². The maximum Gasteiger partial charge on any atom is 0.258 e. The average molecular weight is 375 g/mol. The van der Waals surface area contributed by atoms with E-state index in [0.717, 1.165) is 5.56 Å². The number of fused-ring (bicyclic) bond motifs is 1.